The molecule has 0 aromatic rings. The Morgan fingerprint density at radius 2 is 0.736 bits per heavy atom. The van der Waals surface area contributed by atoms with Crippen molar-refractivity contribution in [3.8, 4) is 0 Å². The van der Waals surface area contributed by atoms with Crippen molar-refractivity contribution >= 4 is 31.4 Å². The Morgan fingerprint density at radius 3 is 1.15 bits per heavy atom. The minimum atomic E-state index is -5.71. The van der Waals surface area contributed by atoms with E-state index in [2.05, 4.69) is 38.3 Å². The van der Waals surface area contributed by atoms with E-state index < -0.39 is 168 Å². The summed E-state index contributed by atoms with van der Waals surface area (Å²) in [5, 5.41) is 105. The molecule has 3 aliphatic heterocycles. The van der Waals surface area contributed by atoms with Crippen LogP contribution in [0.5, 0.6) is 0 Å². The first-order valence-electron chi connectivity index (χ1n) is 44.5. The summed E-state index contributed by atoms with van der Waals surface area (Å²) >= 11 is 0. The molecule has 3 rings (SSSR count). The molecule has 110 heavy (non-hydrogen) atoms. The molecule has 3 fully saturated rings. The van der Waals surface area contributed by atoms with Crippen molar-refractivity contribution in [1.29, 1.82) is 0 Å². The number of hydrogen-bond donors (Lipinski definition) is 13. The third kappa shape index (κ3) is 44.8. The summed E-state index contributed by atoms with van der Waals surface area (Å²) in [7, 11) is -5.71. The van der Waals surface area contributed by atoms with Crippen LogP contribution in [0, 0.1) is 5.92 Å². The summed E-state index contributed by atoms with van der Waals surface area (Å²) in [6, 6.07) is -5.27. The predicted molar refractivity (Wildman–Crippen MR) is 427 cm³/mol. The number of ether oxygens (including phenoxy) is 5. The van der Waals surface area contributed by atoms with Crippen molar-refractivity contribution in [3.05, 3.63) is 0 Å². The monoisotopic (exact) mass is 1590 g/mol. The normalized spacial score (nSPS) is 25.8. The molecular weight excluding hydrogens is 1430 g/mol. The first-order valence-corrected chi connectivity index (χ1v) is 46.0. The molecule has 0 aromatic carbocycles. The summed E-state index contributed by atoms with van der Waals surface area (Å²) in [5.74, 6) is -3.37. The van der Waals surface area contributed by atoms with Gasteiger partial charge in [0.15, 0.2) is 25.0 Å². The van der Waals surface area contributed by atoms with Crippen LogP contribution < -0.4 is 16.4 Å². The average molecular weight is 1600 g/mol. The maximum absolute atomic E-state index is 14.4. The highest BCUT2D eigenvalue weighted by Gasteiger charge is 2.54. The van der Waals surface area contributed by atoms with Gasteiger partial charge in [0, 0.05) is 18.8 Å². The Bertz CT molecular complexity index is 2340. The largest absolute Gasteiger partial charge is 0.477 e. The molecule has 0 saturated carbocycles. The van der Waals surface area contributed by atoms with Crippen LogP contribution in [-0.2, 0) is 56.5 Å². The van der Waals surface area contributed by atoms with Gasteiger partial charge in [-0.05, 0) is 25.7 Å². The smallest absolute Gasteiger partial charge is 0.457 e. The van der Waals surface area contributed by atoms with Gasteiger partial charge in [-0.2, -0.15) is 0 Å². The van der Waals surface area contributed by atoms with E-state index in [-0.39, 0.29) is 25.0 Å². The lowest BCUT2D eigenvalue weighted by Gasteiger charge is -2.46. The minimum Gasteiger partial charge on any atom is -0.457 e. The van der Waals surface area contributed by atoms with Crippen LogP contribution in [-0.4, -0.2) is 198 Å². The number of carbonyl (C=O) groups excluding carboxylic acids is 4. The number of amides is 2. The van der Waals surface area contributed by atoms with Gasteiger partial charge in [0.25, 0.3) is 0 Å². The quantitative estimate of drug-likeness (QED) is 0.0153. The zero-order valence-corrected chi connectivity index (χ0v) is 69.7. The number of aliphatic hydroxyl groups is 9. The Hall–Kier alpha value is -2.37. The molecule has 3 aliphatic rings. The van der Waals surface area contributed by atoms with Crippen LogP contribution in [0.4, 0.5) is 0 Å². The highest BCUT2D eigenvalue weighted by atomic mass is 31.2. The first kappa shape index (κ1) is 102. The molecule has 0 aromatic heterocycles. The van der Waals surface area contributed by atoms with Gasteiger partial charge in [0.1, 0.15) is 66.7 Å². The number of carbonyl (C=O) groups is 4. The van der Waals surface area contributed by atoms with Crippen molar-refractivity contribution in [2.45, 2.75) is 485 Å². The average Bonchev–Trinajstić information content (AvgIpc) is 0.786. The summed E-state index contributed by atoms with van der Waals surface area (Å²) < 4.78 is 55.3. The maximum atomic E-state index is 14.4. The number of nitrogens with one attached hydrogen (secondary N) is 2. The number of hydrogen-bond acceptors (Lipinski definition) is 22. The molecule has 2 amide bonds. The molecule has 3 heterocycles. The molecule has 0 spiro atoms. The highest BCUT2D eigenvalue weighted by Crippen LogP contribution is 2.49. The second-order valence-electron chi connectivity index (χ2n) is 32.4. The Balaban J connectivity index is 1.93. The number of phosphoric acid groups is 1. The predicted octanol–water partition coefficient (Wildman–Crippen LogP) is 13.8. The van der Waals surface area contributed by atoms with Gasteiger partial charge < -0.3 is 90.9 Å². The van der Waals surface area contributed by atoms with Gasteiger partial charge in [-0.15, -0.1) is 0 Å². The van der Waals surface area contributed by atoms with E-state index in [4.69, 9.17) is 38.5 Å². The molecule has 1 unspecified atom stereocenters. The van der Waals surface area contributed by atoms with E-state index in [1.807, 2.05) is 0 Å². The standard InChI is InChI=1S/C84H160N3O22P/c1-5-9-13-17-21-25-29-31-35-39-43-47-51-55-65(91)59-72(95)107-81-75(87-71(94)58-64(90)54-50-46-42-38-34-28-24-20-16-12-8-4)84(109-110(101,102)108-82-73(85)79(99)76(96)67(60-88)104-82)106-69(78(81)98)62-103-83-74(80(100)77(97)68(61-89)105-83)86-70(93)57-63(53-49-45-41-37-33-27-23-19-15-11-7-3)66(92)56-52-48-44-40-36-32-30-26-22-18-14-10-6-2/h63-65,67-69,73-84,88-91,96-100H,5-62,85H2,1-4H3,(H,86,93)(H,87,94)(H,101,102)/t63-,64-,65-,67+,68-,69-,73+,74-,75-,76-,77-,78-,79+,80-,81-,82+,83-,84+/m1/s1. The van der Waals surface area contributed by atoms with Gasteiger partial charge in [0.05, 0.1) is 50.9 Å². The lowest BCUT2D eigenvalue weighted by molar-refractivity contribution is -0.298. The van der Waals surface area contributed by atoms with E-state index in [1.165, 1.54) is 167 Å². The van der Waals surface area contributed by atoms with E-state index in [9.17, 15) is 74.6 Å². The Labute approximate surface area is 662 Å². The van der Waals surface area contributed by atoms with Crippen LogP contribution in [0.15, 0.2) is 0 Å². The number of ketones is 1. The number of nitrogens with two attached hydrogens (primary N) is 1. The summed E-state index contributed by atoms with van der Waals surface area (Å²) in [4.78, 5) is 68.6. The SMILES string of the molecule is CCCCCCCCCCCCCCCC(=O)[C@H](CCCCCCCCCCCCC)CC(=O)N[C@H]1[C@H](OC[C@H]2O[C@@H](OP(=O)(O)O[C@@H]3O[C@@H](CO)[C@@H](O)[C@@H](O)[C@@H]3N)[C@H](NC(=O)C[C@H](O)CCCCCCCCCCCCC)[C@@H](OC(=O)C[C@H](O)CCCCCCCCCCCCCCC)[C@@H]2O)O[C@H](CO)[C@@H](O)[C@@H]1O. The summed E-state index contributed by atoms with van der Waals surface area (Å²) in [6.07, 6.45) is 28.1. The van der Waals surface area contributed by atoms with Crippen molar-refractivity contribution < 1.29 is 107 Å². The molecule has 25 nitrogen and oxygen atoms in total. The van der Waals surface area contributed by atoms with E-state index in [1.54, 1.807) is 0 Å². The molecule has 19 atom stereocenters. The van der Waals surface area contributed by atoms with Gasteiger partial charge in [-0.1, -0.05) is 329 Å². The summed E-state index contributed by atoms with van der Waals surface area (Å²) in [6.45, 7) is 6.22. The van der Waals surface area contributed by atoms with Crippen LogP contribution in [0.1, 0.15) is 381 Å². The van der Waals surface area contributed by atoms with Gasteiger partial charge in [0.2, 0.25) is 11.8 Å². The molecule has 0 bridgehead atoms. The molecule has 648 valence electrons. The fraction of sp³-hybridized carbons (Fsp3) is 0.952. The number of aliphatic hydroxyl groups excluding tert-OH is 9. The highest BCUT2D eigenvalue weighted by molar-refractivity contribution is 7.47. The lowest BCUT2D eigenvalue weighted by atomic mass is 9.89. The Kier molecular flexibility index (Phi) is 59.0. The minimum absolute atomic E-state index is 0.0494. The molecular formula is C84H160N3O22P. The van der Waals surface area contributed by atoms with Gasteiger partial charge >= 0.3 is 13.8 Å². The second-order valence-corrected chi connectivity index (χ2v) is 33.8. The molecule has 0 radical (unpaired) electrons. The number of phosphoric ester groups is 1. The molecule has 3 saturated heterocycles. The van der Waals surface area contributed by atoms with Crippen LogP contribution in [0.25, 0.3) is 0 Å². The van der Waals surface area contributed by atoms with E-state index >= 15 is 0 Å². The van der Waals surface area contributed by atoms with Crippen molar-refractivity contribution in [1.82, 2.24) is 10.6 Å². The van der Waals surface area contributed by atoms with Crippen molar-refractivity contribution in [3.63, 3.8) is 0 Å². The van der Waals surface area contributed by atoms with Crippen molar-refractivity contribution in [2.24, 2.45) is 11.7 Å². The molecule has 0 aliphatic carbocycles. The van der Waals surface area contributed by atoms with Gasteiger partial charge in [-0.25, -0.2) is 4.57 Å². The zero-order chi connectivity index (χ0) is 80.6. The summed E-state index contributed by atoms with van der Waals surface area (Å²) in [5.41, 5.74) is 6.11. The fourth-order valence-electron chi connectivity index (χ4n) is 15.4. The third-order valence-corrected chi connectivity index (χ3v) is 23.4. The van der Waals surface area contributed by atoms with Crippen LogP contribution in [0.3, 0.4) is 0 Å². The molecule has 14 N–H and O–H groups in total. The molecule has 26 heteroatoms. The third-order valence-electron chi connectivity index (χ3n) is 22.5. The lowest BCUT2D eigenvalue weighted by Crippen LogP contribution is -2.67. The first-order chi connectivity index (χ1) is 53.1. The van der Waals surface area contributed by atoms with E-state index in [0.717, 1.165) is 116 Å². The van der Waals surface area contributed by atoms with Gasteiger partial charge in [-0.3, -0.25) is 28.2 Å². The fourth-order valence-corrected chi connectivity index (χ4v) is 16.4. The maximum Gasteiger partial charge on any atom is 0.477 e. The Morgan fingerprint density at radius 1 is 0.400 bits per heavy atom. The second kappa shape index (κ2) is 63.7. The number of rotatable bonds is 71. The zero-order valence-electron chi connectivity index (χ0n) is 68.8. The van der Waals surface area contributed by atoms with E-state index in [0.29, 0.717) is 38.5 Å². The topological polar surface area (TPSA) is 402 Å². The number of esters is 1. The van der Waals surface area contributed by atoms with Crippen LogP contribution in [0.2, 0.25) is 0 Å². The van der Waals surface area contributed by atoms with Crippen molar-refractivity contribution in [2.75, 3.05) is 19.8 Å². The number of unbranched alkanes of at least 4 members (excludes halogenated alkanes) is 44. The van der Waals surface area contributed by atoms with Crippen LogP contribution >= 0.6 is 7.82 Å². The number of Topliss-reactive ketones (excluding diaryl/α,β-unsaturated/α-hetero) is 1.